The van der Waals surface area contributed by atoms with Gasteiger partial charge in [0.1, 0.15) is 0 Å². The molecule has 0 aromatic carbocycles. The van der Waals surface area contributed by atoms with E-state index in [4.69, 9.17) is 0 Å². The molecule has 0 aliphatic heterocycles. The van der Waals surface area contributed by atoms with Gasteiger partial charge in [-0.05, 0) is 0 Å². The maximum absolute atomic E-state index is 2.38. The molecule has 4 heavy (non-hydrogen) atoms. The summed E-state index contributed by atoms with van der Waals surface area (Å²) in [6.45, 7) is 0. The van der Waals surface area contributed by atoms with Crippen molar-refractivity contribution < 1.29 is 0 Å². The summed E-state index contributed by atoms with van der Waals surface area (Å²) in [5.41, 5.74) is 0. The first kappa shape index (κ1) is 4.87. The Hall–Kier alpha value is 0.870. The monoisotopic (exact) mass is 47.1 g/mol. The molecule has 0 spiro atoms. The van der Waals surface area contributed by atoms with Crippen LogP contribution in [0.2, 0.25) is 14.0 Å². The summed E-state index contributed by atoms with van der Waals surface area (Å²) in [4.78, 5) is 0. The van der Waals surface area contributed by atoms with E-state index in [-0.39, 0.29) is 0 Å². The zero-order chi connectivity index (χ0) is 3.58. The first-order valence-electron chi connectivity index (χ1n) is 1.73. The van der Waals surface area contributed by atoms with E-state index in [0.29, 0.717) is 0 Å². The van der Waals surface area contributed by atoms with Crippen molar-refractivity contribution in [3.05, 3.63) is 0 Å². The van der Waals surface area contributed by atoms with Gasteiger partial charge in [-0.15, -0.1) is 0 Å². The summed E-state index contributed by atoms with van der Waals surface area (Å²) in [5.74, 6) is 0. The molecule has 24 valence electrons. The van der Waals surface area contributed by atoms with Crippen molar-refractivity contribution in [1.82, 2.24) is 0 Å². The van der Waals surface area contributed by atoms with Crippen LogP contribution in [0.1, 0.15) is 0 Å². The molecule has 0 saturated carbocycles. The van der Waals surface area contributed by atoms with Crippen molar-refractivity contribution in [3.63, 3.8) is 0 Å². The van der Waals surface area contributed by atoms with Crippen LogP contribution in [0.15, 0.2) is 0 Å². The first-order chi connectivity index (χ1) is 1.73. The molecular weight excluding hydrogens is 38.0 g/mol. The average molecular weight is 47.1 g/mol. The summed E-state index contributed by atoms with van der Waals surface area (Å²) in [6, 6.07) is 0. The topological polar surface area (TPSA) is 0 Å². The molecular formula is C3H9In. The minimum atomic E-state index is -0.637. The van der Waals surface area contributed by atoms with Crippen LogP contribution in [0.4, 0.5) is 0 Å². The van der Waals surface area contributed by atoms with Crippen LogP contribution in [0, 0.1) is 0 Å². The summed E-state index contributed by atoms with van der Waals surface area (Å²) in [6.07, 6.45) is 0. The van der Waals surface area contributed by atoms with Gasteiger partial charge in [0, 0.05) is 0 Å². The van der Waals surface area contributed by atoms with Crippen molar-refractivity contribution in [3.8, 4) is 0 Å². The van der Waals surface area contributed by atoms with Gasteiger partial charge < -0.3 is 0 Å². The second-order valence-corrected chi connectivity index (χ2v) is 11.6. The molecule has 0 aliphatic rings. The van der Waals surface area contributed by atoms with Gasteiger partial charge in [-0.1, -0.05) is 0 Å². The fourth-order valence-corrected chi connectivity index (χ4v) is 0. The van der Waals surface area contributed by atoms with Crippen molar-refractivity contribution in [1.29, 1.82) is 0 Å². The normalized spacial score (nSPS) is 6.75. The van der Waals surface area contributed by atoms with E-state index >= 15 is 0 Å². The molecule has 0 aromatic heterocycles. The molecule has 0 aromatic rings. The second kappa shape index (κ2) is 2.13. The molecule has 0 fully saturated rings. The number of hydrogen-bond acceptors (Lipinski definition) is 0. The maximum atomic E-state index is 2.38. The Balaban J connectivity index is 2.32. The third-order valence-corrected chi connectivity index (χ3v) is 0. The van der Waals surface area contributed by atoms with Crippen LogP contribution in [0.25, 0.3) is 0 Å². The fraction of sp³-hybridized carbons (Fsp3) is 1.00. The Bertz CT molecular complexity index is 8.00. The van der Waals surface area contributed by atoms with Gasteiger partial charge in [0.15, 0.2) is 0 Å². The average Bonchev–Trinajstić information content (AvgIpc) is 0.811. The predicted octanol–water partition coefficient (Wildman–Crippen LogP) is 1.37. The Labute approximate surface area is 35.7 Å². The van der Waals surface area contributed by atoms with Crippen molar-refractivity contribution in [2.24, 2.45) is 0 Å². The van der Waals surface area contributed by atoms with Crippen molar-refractivity contribution >= 4 is 21.4 Å². The molecule has 0 radical (unpaired) electrons. The van der Waals surface area contributed by atoms with Gasteiger partial charge in [-0.3, -0.25) is 0 Å². The Morgan fingerprint density at radius 3 is 1.00 bits per heavy atom. The van der Waals surface area contributed by atoms with E-state index in [1.54, 1.807) is 0 Å². The van der Waals surface area contributed by atoms with E-state index in [2.05, 4.69) is 14.0 Å². The zero-order valence-electron chi connectivity index (χ0n) is 3.58. The van der Waals surface area contributed by atoms with Gasteiger partial charge in [-0.25, -0.2) is 0 Å². The van der Waals surface area contributed by atoms with E-state index in [1.807, 2.05) is 0 Å². The van der Waals surface area contributed by atoms with Crippen molar-refractivity contribution in [2.45, 2.75) is 14.0 Å². The van der Waals surface area contributed by atoms with E-state index in [1.165, 1.54) is 0 Å². The van der Waals surface area contributed by atoms with Crippen LogP contribution in [-0.2, 0) is 0 Å². The third kappa shape index (κ3) is 13.3. The first-order valence-corrected chi connectivity index (χ1v) is 11.6. The fourth-order valence-electron chi connectivity index (χ4n) is 0. The van der Waals surface area contributed by atoms with Crippen LogP contribution >= 0.6 is 0 Å². The van der Waals surface area contributed by atoms with Crippen molar-refractivity contribution in [2.75, 3.05) is 0 Å². The SMILES string of the molecule is [CH3][2In]([CH3])[CH3]. The van der Waals surface area contributed by atoms with E-state index in [9.17, 15) is 0 Å². The summed E-state index contributed by atoms with van der Waals surface area (Å²) in [5, 5.41) is 0. The molecule has 0 N–H and O–H groups in total. The summed E-state index contributed by atoms with van der Waals surface area (Å²) in [7, 11) is 0. The Kier molecular flexibility index (Phi) is 2.59. The summed E-state index contributed by atoms with van der Waals surface area (Å²) >= 11 is -0.637. The standard InChI is InChI=1S/3CH3.In/h3*1H3;/i;;;1+44. The van der Waals surface area contributed by atoms with Gasteiger partial charge in [0.25, 0.3) is 0 Å². The second-order valence-electron chi connectivity index (χ2n) is 1.73. The van der Waals surface area contributed by atoms with Gasteiger partial charge in [-0.2, -0.15) is 0 Å². The molecule has 0 bridgehead atoms. The van der Waals surface area contributed by atoms with Gasteiger partial charge in [0.2, 0.25) is 0 Å². The Morgan fingerprint density at radius 1 is 1.00 bits per heavy atom. The summed E-state index contributed by atoms with van der Waals surface area (Å²) < 4.78 is 7.13. The van der Waals surface area contributed by atoms with Crippen LogP contribution in [-0.4, -0.2) is 21.4 Å². The molecule has 0 rings (SSSR count). The molecule has 0 unspecified atom stereocenters. The van der Waals surface area contributed by atoms with Crippen LogP contribution in [0.5, 0.6) is 0 Å². The molecule has 1 heteroatoms. The van der Waals surface area contributed by atoms with E-state index in [0.717, 1.165) is 0 Å². The van der Waals surface area contributed by atoms with E-state index < -0.39 is 21.4 Å². The molecule has 0 aliphatic carbocycles. The molecule has 0 nitrogen and oxygen atoms in total. The minimum absolute atomic E-state index is 0.637. The Morgan fingerprint density at radius 2 is 1.00 bits per heavy atom. The quantitative estimate of drug-likeness (QED) is 0.387. The molecule has 0 amide bonds. The molecule has 0 saturated heterocycles. The molecule has 0 heterocycles. The van der Waals surface area contributed by atoms with Gasteiger partial charge in [0.05, 0.1) is 0 Å². The number of hydrogen-bond donors (Lipinski definition) is 0. The number of rotatable bonds is 0. The zero-order valence-corrected chi connectivity index (χ0v) is 6.87. The molecule has 0 atom stereocenters. The third-order valence-electron chi connectivity index (χ3n) is 0. The predicted molar refractivity (Wildman–Crippen MR) is 23.3 cm³/mol. The van der Waals surface area contributed by atoms with Crippen LogP contribution < -0.4 is 0 Å². The van der Waals surface area contributed by atoms with Gasteiger partial charge >= 0.3 is 35.5 Å². The van der Waals surface area contributed by atoms with Crippen LogP contribution in [0.3, 0.4) is 0 Å².